The van der Waals surface area contributed by atoms with E-state index >= 15 is 0 Å². The van der Waals surface area contributed by atoms with Gasteiger partial charge in [-0.3, -0.25) is 0 Å². The smallest absolute Gasteiger partial charge is 0.145 e. The molecule has 0 fully saturated rings. The fraction of sp³-hybridized carbons (Fsp3) is 0. The normalized spacial score (nSPS) is 11.8. The molecule has 4 heteroatoms. The molecule has 0 atom stereocenters. The average Bonchev–Trinajstić information content (AvgIpc) is 3.90. The summed E-state index contributed by atoms with van der Waals surface area (Å²) in [5, 5.41) is 6.42. The van der Waals surface area contributed by atoms with Crippen LogP contribution in [-0.2, 0) is 0 Å². The monoisotopic (exact) mass is 667 g/mol. The Balaban J connectivity index is 1.20. The molecule has 8 aromatic carbocycles. The fourth-order valence-corrected chi connectivity index (χ4v) is 7.89. The van der Waals surface area contributed by atoms with Gasteiger partial charge in [0.15, 0.2) is 0 Å². The Kier molecular flexibility index (Phi) is 6.22. The third-order valence-electron chi connectivity index (χ3n) is 10.3. The van der Waals surface area contributed by atoms with E-state index in [2.05, 4.69) is 144 Å². The minimum atomic E-state index is 0.834. The molecule has 0 aliphatic rings. The Morgan fingerprint density at radius 2 is 0.904 bits per heavy atom. The van der Waals surface area contributed by atoms with Crippen LogP contribution in [-0.4, -0.2) is 0 Å². The van der Waals surface area contributed by atoms with Gasteiger partial charge in [0.2, 0.25) is 0 Å². The summed E-state index contributed by atoms with van der Waals surface area (Å²) in [6.45, 7) is 0. The van der Waals surface area contributed by atoms with Crippen molar-refractivity contribution in [2.24, 2.45) is 0 Å². The van der Waals surface area contributed by atoms with Crippen molar-refractivity contribution in [1.29, 1.82) is 0 Å². The van der Waals surface area contributed by atoms with Crippen molar-refractivity contribution in [2.75, 3.05) is 4.90 Å². The van der Waals surface area contributed by atoms with Crippen molar-refractivity contribution < 1.29 is 13.3 Å². The number of hydrogen-bond acceptors (Lipinski definition) is 4. The Bertz CT molecular complexity index is 3130. The standard InChI is InChI=1S/C48H29NO3/c1-3-12-30(13-4-1)34-18-11-19-38-40-28-32(23-27-44(40)51-47(34)38)49(33-22-24-37-36-16-7-9-20-42(36)50-45(37)29-33)41-26-25-35(31-14-5-2-6-15-31)48-46(41)39-17-8-10-21-43(39)52-48/h1-29H. The van der Waals surface area contributed by atoms with Crippen molar-refractivity contribution in [1.82, 2.24) is 0 Å². The molecule has 0 saturated heterocycles. The molecule has 0 unspecified atom stereocenters. The summed E-state index contributed by atoms with van der Waals surface area (Å²) in [6.07, 6.45) is 0. The number of fused-ring (bicyclic) bond motifs is 9. The zero-order chi connectivity index (χ0) is 34.2. The Morgan fingerprint density at radius 1 is 0.327 bits per heavy atom. The molecule has 11 rings (SSSR count). The first kappa shape index (κ1) is 28.8. The van der Waals surface area contributed by atoms with Crippen molar-refractivity contribution in [3.05, 3.63) is 176 Å². The molecule has 0 aliphatic carbocycles. The Morgan fingerprint density at radius 3 is 1.69 bits per heavy atom. The number of anilines is 3. The second kappa shape index (κ2) is 11.2. The van der Waals surface area contributed by atoms with Gasteiger partial charge in [-0.2, -0.15) is 0 Å². The molecule has 11 aromatic rings. The van der Waals surface area contributed by atoms with Crippen molar-refractivity contribution in [3.8, 4) is 22.3 Å². The summed E-state index contributed by atoms with van der Waals surface area (Å²) >= 11 is 0. The number of rotatable bonds is 5. The van der Waals surface area contributed by atoms with Crippen LogP contribution >= 0.6 is 0 Å². The summed E-state index contributed by atoms with van der Waals surface area (Å²) in [5.74, 6) is 0. The Labute approximate surface area is 298 Å². The average molecular weight is 668 g/mol. The minimum Gasteiger partial charge on any atom is -0.456 e. The highest BCUT2D eigenvalue weighted by Gasteiger charge is 2.24. The van der Waals surface area contributed by atoms with E-state index in [0.717, 1.165) is 105 Å². The van der Waals surface area contributed by atoms with Crippen molar-refractivity contribution in [2.45, 2.75) is 0 Å². The number of furan rings is 3. The summed E-state index contributed by atoms with van der Waals surface area (Å²) in [4.78, 5) is 2.32. The third-order valence-corrected chi connectivity index (χ3v) is 10.3. The number of hydrogen-bond donors (Lipinski definition) is 0. The van der Waals surface area contributed by atoms with Gasteiger partial charge in [0.05, 0.1) is 11.1 Å². The lowest BCUT2D eigenvalue weighted by atomic mass is 9.99. The van der Waals surface area contributed by atoms with Crippen LogP contribution in [0.4, 0.5) is 17.1 Å². The second-order valence-corrected chi connectivity index (χ2v) is 13.2. The molecule has 0 bridgehead atoms. The molecule has 0 N–H and O–H groups in total. The first-order chi connectivity index (χ1) is 25.8. The lowest BCUT2D eigenvalue weighted by Gasteiger charge is -2.26. The van der Waals surface area contributed by atoms with Crippen molar-refractivity contribution >= 4 is 82.9 Å². The number of nitrogens with zero attached hydrogens (tertiary/aromatic N) is 1. The van der Waals surface area contributed by atoms with Crippen LogP contribution in [0.2, 0.25) is 0 Å². The number of benzene rings is 8. The predicted molar refractivity (Wildman–Crippen MR) is 214 cm³/mol. The molecule has 0 saturated carbocycles. The molecule has 3 aromatic heterocycles. The van der Waals surface area contributed by atoms with Crippen LogP contribution < -0.4 is 4.90 Å². The van der Waals surface area contributed by atoms with Gasteiger partial charge >= 0.3 is 0 Å². The lowest BCUT2D eigenvalue weighted by molar-refractivity contribution is 0.668. The molecule has 52 heavy (non-hydrogen) atoms. The highest BCUT2D eigenvalue weighted by molar-refractivity contribution is 6.18. The van der Waals surface area contributed by atoms with Gasteiger partial charge in [-0.15, -0.1) is 0 Å². The first-order valence-electron chi connectivity index (χ1n) is 17.5. The maximum absolute atomic E-state index is 6.72. The van der Waals surface area contributed by atoms with E-state index in [1.807, 2.05) is 36.4 Å². The molecule has 244 valence electrons. The molecule has 0 radical (unpaired) electrons. The Hall–Kier alpha value is -7.04. The predicted octanol–water partition coefficient (Wildman–Crippen LogP) is 14.2. The highest BCUT2D eigenvalue weighted by Crippen LogP contribution is 2.48. The third kappa shape index (κ3) is 4.34. The fourth-order valence-electron chi connectivity index (χ4n) is 7.89. The van der Waals surface area contributed by atoms with E-state index < -0.39 is 0 Å². The molecule has 3 heterocycles. The van der Waals surface area contributed by atoms with Crippen LogP contribution in [0.3, 0.4) is 0 Å². The van der Waals surface area contributed by atoms with Crippen LogP contribution in [0, 0.1) is 0 Å². The van der Waals surface area contributed by atoms with Gasteiger partial charge in [-0.05, 0) is 65.7 Å². The van der Waals surface area contributed by atoms with Gasteiger partial charge in [-0.1, -0.05) is 115 Å². The van der Waals surface area contributed by atoms with Gasteiger partial charge in [0.1, 0.15) is 33.5 Å². The molecule has 0 spiro atoms. The zero-order valence-corrected chi connectivity index (χ0v) is 27.9. The van der Waals surface area contributed by atoms with E-state index in [1.54, 1.807) is 0 Å². The highest BCUT2D eigenvalue weighted by atomic mass is 16.3. The van der Waals surface area contributed by atoms with Crippen LogP contribution in [0.5, 0.6) is 0 Å². The molecule has 0 aliphatic heterocycles. The second-order valence-electron chi connectivity index (χ2n) is 13.2. The van der Waals surface area contributed by atoms with Crippen molar-refractivity contribution in [3.63, 3.8) is 0 Å². The minimum absolute atomic E-state index is 0.834. The van der Waals surface area contributed by atoms with Crippen LogP contribution in [0.1, 0.15) is 0 Å². The molecule has 0 amide bonds. The van der Waals surface area contributed by atoms with E-state index in [0.29, 0.717) is 0 Å². The van der Waals surface area contributed by atoms with Gasteiger partial charge in [0.25, 0.3) is 0 Å². The van der Waals surface area contributed by atoms with Crippen LogP contribution in [0.15, 0.2) is 189 Å². The maximum atomic E-state index is 6.72. The van der Waals surface area contributed by atoms with E-state index in [1.165, 1.54) is 0 Å². The molecular weight excluding hydrogens is 639 g/mol. The maximum Gasteiger partial charge on any atom is 0.145 e. The van der Waals surface area contributed by atoms with Gasteiger partial charge < -0.3 is 18.2 Å². The summed E-state index contributed by atoms with van der Waals surface area (Å²) in [6, 6.07) is 61.2. The number of para-hydroxylation sites is 3. The van der Waals surface area contributed by atoms with Crippen LogP contribution in [0.25, 0.3) is 88.1 Å². The summed E-state index contributed by atoms with van der Waals surface area (Å²) in [5.41, 5.74) is 12.5. The quantitative estimate of drug-likeness (QED) is 0.183. The molecule has 4 nitrogen and oxygen atoms in total. The summed E-state index contributed by atoms with van der Waals surface area (Å²) < 4.78 is 19.8. The largest absolute Gasteiger partial charge is 0.456 e. The van der Waals surface area contributed by atoms with Gasteiger partial charge in [0, 0.05) is 55.5 Å². The lowest BCUT2D eigenvalue weighted by Crippen LogP contribution is -2.10. The van der Waals surface area contributed by atoms with E-state index in [4.69, 9.17) is 13.3 Å². The van der Waals surface area contributed by atoms with E-state index in [9.17, 15) is 0 Å². The zero-order valence-electron chi connectivity index (χ0n) is 27.9. The summed E-state index contributed by atoms with van der Waals surface area (Å²) in [7, 11) is 0. The van der Waals surface area contributed by atoms with E-state index in [-0.39, 0.29) is 0 Å². The molecular formula is C48H29NO3. The SMILES string of the molecule is c1ccc(-c2cccc3c2oc2ccc(N(c4ccc5c(c4)oc4ccccc45)c4ccc(-c5ccccc5)c5oc6ccccc6c45)cc23)cc1. The van der Waals surface area contributed by atoms with Gasteiger partial charge in [-0.25, -0.2) is 0 Å². The first-order valence-corrected chi connectivity index (χ1v) is 17.5. The topological polar surface area (TPSA) is 42.7 Å².